The Morgan fingerprint density at radius 2 is 0.915 bits per heavy atom. The number of hydrogen-bond acceptors (Lipinski definition) is 18. The number of carbonyl (C=O) groups excluding carboxylic acids is 1. The molecule has 0 aromatic rings. The Morgan fingerprint density at radius 3 is 1.42 bits per heavy atom. The highest BCUT2D eigenvalue weighted by atomic mass is 16.8. The van der Waals surface area contributed by atoms with E-state index in [4.69, 9.17) is 28.4 Å². The monoisotopic (exact) mass is 1020 g/mol. The van der Waals surface area contributed by atoms with Gasteiger partial charge < -0.3 is 89.9 Å². The Balaban J connectivity index is 1.58. The molecule has 0 saturated carbocycles. The summed E-state index contributed by atoms with van der Waals surface area (Å²) in [5, 5.41) is 120. The number of ether oxygens (including phenoxy) is 6. The lowest BCUT2D eigenvalue weighted by Crippen LogP contribution is -2.67. The van der Waals surface area contributed by atoms with Gasteiger partial charge in [0.05, 0.1) is 38.6 Å². The fourth-order valence-electron chi connectivity index (χ4n) is 9.48. The number of unbranched alkanes of at least 4 members (excludes halogenated alkanes) is 23. The standard InChI is InChI=1S/C52H97NO18/c1-3-5-7-9-11-13-15-17-19-21-23-25-27-29-36(57)35(53-40(58)30-28-26-24-22-20-18-16-14-12-10-8-6-4-2)34-66-50-46(64)44(62)48(39(33-56)69-50)70-52-47(65)49(42(60)38(32-55)68-52)71-51-45(63)43(61)41(59)37(31-54)67-51/h27,29,35-39,41-52,54-57,59-65H,3-26,28,30-34H2,1-2H3,(H,53,58)/b29-27+/t35-,36-,37-,38-,39-,41+,42+,43+,44-,45-,46-,47-,48-,49+,50-,51-,52+/m1/s1. The van der Waals surface area contributed by atoms with Gasteiger partial charge >= 0.3 is 0 Å². The zero-order chi connectivity index (χ0) is 52.0. The smallest absolute Gasteiger partial charge is 0.220 e. The molecule has 0 radical (unpaired) electrons. The van der Waals surface area contributed by atoms with Crippen LogP contribution in [0.5, 0.6) is 0 Å². The zero-order valence-electron chi connectivity index (χ0n) is 43.0. The molecule has 3 aliphatic heterocycles. The van der Waals surface area contributed by atoms with Crippen molar-refractivity contribution in [2.75, 3.05) is 26.4 Å². The van der Waals surface area contributed by atoms with E-state index in [-0.39, 0.29) is 18.9 Å². The minimum atomic E-state index is -1.97. The Kier molecular flexibility index (Phi) is 33.5. The number of amides is 1. The predicted octanol–water partition coefficient (Wildman–Crippen LogP) is 3.04. The molecule has 71 heavy (non-hydrogen) atoms. The second kappa shape index (κ2) is 37.3. The molecule has 17 atom stereocenters. The van der Waals surface area contributed by atoms with Gasteiger partial charge in [0.15, 0.2) is 18.9 Å². The van der Waals surface area contributed by atoms with Crippen molar-refractivity contribution in [3.63, 3.8) is 0 Å². The average Bonchev–Trinajstić information content (AvgIpc) is 3.36. The molecule has 3 heterocycles. The van der Waals surface area contributed by atoms with Crippen LogP contribution in [0.25, 0.3) is 0 Å². The first kappa shape index (κ1) is 63.8. The van der Waals surface area contributed by atoms with Gasteiger partial charge in [-0.2, -0.15) is 0 Å². The van der Waals surface area contributed by atoms with Gasteiger partial charge in [-0.25, -0.2) is 0 Å². The summed E-state index contributed by atoms with van der Waals surface area (Å²) in [4.78, 5) is 13.2. The number of carbonyl (C=O) groups is 1. The highest BCUT2D eigenvalue weighted by molar-refractivity contribution is 5.76. The van der Waals surface area contributed by atoms with Gasteiger partial charge in [0.2, 0.25) is 5.91 Å². The Morgan fingerprint density at radius 1 is 0.493 bits per heavy atom. The average molecular weight is 1020 g/mol. The van der Waals surface area contributed by atoms with E-state index >= 15 is 0 Å². The van der Waals surface area contributed by atoms with Crippen LogP contribution in [0, 0.1) is 0 Å². The molecule has 19 nitrogen and oxygen atoms in total. The topological polar surface area (TPSA) is 307 Å². The summed E-state index contributed by atoms with van der Waals surface area (Å²) >= 11 is 0. The Hall–Kier alpha value is -1.47. The number of aliphatic hydroxyl groups is 11. The van der Waals surface area contributed by atoms with Gasteiger partial charge in [0, 0.05) is 6.42 Å². The number of hydrogen-bond donors (Lipinski definition) is 12. The number of nitrogens with one attached hydrogen (secondary N) is 1. The van der Waals surface area contributed by atoms with Gasteiger partial charge in [-0.05, 0) is 19.3 Å². The van der Waals surface area contributed by atoms with Crippen LogP contribution in [-0.4, -0.2) is 193 Å². The molecule has 418 valence electrons. The maximum Gasteiger partial charge on any atom is 0.220 e. The van der Waals surface area contributed by atoms with Crippen LogP contribution in [0.2, 0.25) is 0 Å². The first-order valence-electron chi connectivity index (χ1n) is 27.4. The van der Waals surface area contributed by atoms with Crippen LogP contribution in [0.3, 0.4) is 0 Å². The summed E-state index contributed by atoms with van der Waals surface area (Å²) in [6.45, 7) is 1.66. The van der Waals surface area contributed by atoms with E-state index in [0.29, 0.717) is 6.42 Å². The molecular weight excluding hydrogens is 927 g/mol. The van der Waals surface area contributed by atoms with Crippen molar-refractivity contribution in [1.29, 1.82) is 0 Å². The first-order chi connectivity index (χ1) is 34.3. The fraction of sp³-hybridized carbons (Fsp3) is 0.942. The van der Waals surface area contributed by atoms with E-state index in [9.17, 15) is 61.0 Å². The van der Waals surface area contributed by atoms with E-state index in [1.165, 1.54) is 109 Å². The predicted molar refractivity (Wildman–Crippen MR) is 263 cm³/mol. The molecule has 12 N–H and O–H groups in total. The first-order valence-corrected chi connectivity index (χ1v) is 27.4. The van der Waals surface area contributed by atoms with Crippen LogP contribution in [0.15, 0.2) is 12.2 Å². The SMILES string of the molecule is CCCCCCCCCCCCC/C=C/[C@@H](O)[C@@H](CO[C@@H]1O[C@H](CO)[C@@H](O[C@@H]2O[C@H](CO)[C@H](O)[C@H](O[C@H]3O[C@H](CO)[C@H](O)[C@H](O)[C@H]3O)[C@H]2O)[C@H](O)[C@H]1O)NC(=O)CCCCCCCCCCCCCCC. The van der Waals surface area contributed by atoms with Gasteiger partial charge in [-0.15, -0.1) is 0 Å². The van der Waals surface area contributed by atoms with Crippen molar-refractivity contribution >= 4 is 5.91 Å². The number of allylic oxidation sites excluding steroid dienone is 1. The lowest BCUT2D eigenvalue weighted by molar-refractivity contribution is -0.380. The quantitative estimate of drug-likeness (QED) is 0.0311. The summed E-state index contributed by atoms with van der Waals surface area (Å²) in [5.41, 5.74) is 0. The van der Waals surface area contributed by atoms with Crippen LogP contribution in [0.1, 0.15) is 181 Å². The molecule has 3 rings (SSSR count). The molecular formula is C52H97NO18. The summed E-state index contributed by atoms with van der Waals surface area (Å²) in [6.07, 6.45) is 5.99. The van der Waals surface area contributed by atoms with Gasteiger partial charge in [-0.3, -0.25) is 4.79 Å². The van der Waals surface area contributed by atoms with Crippen molar-refractivity contribution in [1.82, 2.24) is 5.32 Å². The second-order valence-corrected chi connectivity index (χ2v) is 20.1. The number of aliphatic hydroxyl groups excluding tert-OH is 11. The van der Waals surface area contributed by atoms with E-state index in [2.05, 4.69) is 19.2 Å². The largest absolute Gasteiger partial charge is 0.394 e. The molecule has 0 aliphatic carbocycles. The molecule has 19 heteroatoms. The van der Waals surface area contributed by atoms with E-state index < -0.39 is 124 Å². The van der Waals surface area contributed by atoms with Crippen LogP contribution in [-0.2, 0) is 33.2 Å². The van der Waals surface area contributed by atoms with Crippen molar-refractivity contribution < 1.29 is 89.4 Å². The van der Waals surface area contributed by atoms with Crippen molar-refractivity contribution in [2.24, 2.45) is 0 Å². The van der Waals surface area contributed by atoms with Crippen molar-refractivity contribution in [3.8, 4) is 0 Å². The lowest BCUT2D eigenvalue weighted by Gasteiger charge is -2.48. The molecule has 0 aromatic heterocycles. The third-order valence-electron chi connectivity index (χ3n) is 14.1. The van der Waals surface area contributed by atoms with Gasteiger partial charge in [0.1, 0.15) is 73.2 Å². The van der Waals surface area contributed by atoms with E-state index in [1.54, 1.807) is 6.08 Å². The Labute approximate surface area is 423 Å². The minimum Gasteiger partial charge on any atom is -0.394 e. The number of rotatable bonds is 39. The normalized spacial score (nSPS) is 32.3. The molecule has 3 aliphatic rings. The zero-order valence-corrected chi connectivity index (χ0v) is 43.0. The third kappa shape index (κ3) is 22.7. The van der Waals surface area contributed by atoms with E-state index in [0.717, 1.165) is 44.9 Å². The highest BCUT2D eigenvalue weighted by Crippen LogP contribution is 2.33. The van der Waals surface area contributed by atoms with Gasteiger partial charge in [0.25, 0.3) is 0 Å². The van der Waals surface area contributed by atoms with Crippen LogP contribution in [0.4, 0.5) is 0 Å². The van der Waals surface area contributed by atoms with Crippen LogP contribution >= 0.6 is 0 Å². The maximum absolute atomic E-state index is 13.2. The summed E-state index contributed by atoms with van der Waals surface area (Å²) in [6, 6.07) is -0.971. The molecule has 0 aromatic carbocycles. The minimum absolute atomic E-state index is 0.244. The maximum atomic E-state index is 13.2. The van der Waals surface area contributed by atoms with E-state index in [1.807, 2.05) is 6.08 Å². The second-order valence-electron chi connectivity index (χ2n) is 20.1. The summed E-state index contributed by atoms with van der Waals surface area (Å²) < 4.78 is 34.2. The fourth-order valence-corrected chi connectivity index (χ4v) is 9.48. The molecule has 0 unspecified atom stereocenters. The van der Waals surface area contributed by atoms with Crippen molar-refractivity contribution in [3.05, 3.63) is 12.2 Å². The summed E-state index contributed by atoms with van der Waals surface area (Å²) in [7, 11) is 0. The molecule has 1 amide bonds. The highest BCUT2D eigenvalue weighted by Gasteiger charge is 2.54. The molecule has 3 saturated heterocycles. The Bertz CT molecular complexity index is 1370. The van der Waals surface area contributed by atoms with Gasteiger partial charge in [-0.1, -0.05) is 167 Å². The summed E-state index contributed by atoms with van der Waals surface area (Å²) in [5.74, 6) is -0.280. The third-order valence-corrected chi connectivity index (χ3v) is 14.1. The van der Waals surface area contributed by atoms with Crippen LogP contribution < -0.4 is 5.32 Å². The molecule has 3 fully saturated rings. The molecule has 0 bridgehead atoms. The molecule has 0 spiro atoms. The van der Waals surface area contributed by atoms with Crippen molar-refractivity contribution in [2.45, 2.75) is 285 Å². The lowest BCUT2D eigenvalue weighted by atomic mass is 9.96.